The molecule has 1 amide bonds. The van der Waals surface area contributed by atoms with Gasteiger partial charge in [-0.2, -0.15) is 23.3 Å². The van der Waals surface area contributed by atoms with Gasteiger partial charge in [-0.15, -0.1) is 0 Å². The molecule has 0 bridgehead atoms. The Balaban J connectivity index is 1.46. The summed E-state index contributed by atoms with van der Waals surface area (Å²) in [6, 6.07) is 2.82. The highest BCUT2D eigenvalue weighted by atomic mass is 19.4. The van der Waals surface area contributed by atoms with Crippen molar-refractivity contribution in [2.24, 2.45) is 0 Å². The van der Waals surface area contributed by atoms with Crippen LogP contribution in [0.2, 0.25) is 0 Å². The number of amides is 1. The van der Waals surface area contributed by atoms with E-state index in [0.29, 0.717) is 55.6 Å². The maximum Gasteiger partial charge on any atom is 0.420 e. The van der Waals surface area contributed by atoms with Crippen LogP contribution in [0.5, 0.6) is 0 Å². The number of likely N-dealkylation sites (tertiary alicyclic amines) is 1. The highest BCUT2D eigenvalue weighted by Crippen LogP contribution is 2.39. The molecule has 0 radical (unpaired) electrons. The Labute approximate surface area is 230 Å². The van der Waals surface area contributed by atoms with E-state index in [1.54, 1.807) is 19.1 Å². The van der Waals surface area contributed by atoms with Crippen molar-refractivity contribution in [3.63, 3.8) is 0 Å². The molecule has 2 aliphatic rings. The topological polar surface area (TPSA) is 157 Å². The number of anilines is 1. The number of halogens is 3. The lowest BCUT2D eigenvalue weighted by molar-refractivity contribution is -0.137. The van der Waals surface area contributed by atoms with Gasteiger partial charge in [0.2, 0.25) is 17.7 Å². The number of alkyl halides is 3. The molecule has 0 saturated carbocycles. The Morgan fingerprint density at radius 3 is 2.68 bits per heavy atom. The monoisotopic (exact) mass is 573 g/mol. The Morgan fingerprint density at radius 2 is 1.98 bits per heavy atom. The molecule has 13 nitrogen and oxygen atoms in total. The summed E-state index contributed by atoms with van der Waals surface area (Å²) >= 11 is 0. The Hall–Kier alpha value is -4.34. The summed E-state index contributed by atoms with van der Waals surface area (Å²) in [4.78, 5) is 29.7. The van der Waals surface area contributed by atoms with Crippen LogP contribution in [0.4, 0.5) is 23.9 Å². The number of pyridine rings is 1. The SMILES string of the molecule is Cc1nc(-c2ccc3c(-c4nc(N[C@H]5CCCN(C(=O)O)C5)ncc4C(F)(F)F)nn(C4CCCCO4)c3n2)no1. The second-order valence-corrected chi connectivity index (χ2v) is 9.98. The summed E-state index contributed by atoms with van der Waals surface area (Å²) in [5.41, 5.74) is -0.874. The molecule has 6 rings (SSSR count). The summed E-state index contributed by atoms with van der Waals surface area (Å²) < 4.78 is 55.2. The third-order valence-electron chi connectivity index (χ3n) is 7.08. The molecular formula is C25H26F3N9O4. The summed E-state index contributed by atoms with van der Waals surface area (Å²) in [5.74, 6) is 0.511. The molecule has 2 N–H and O–H groups in total. The quantitative estimate of drug-likeness (QED) is 0.346. The zero-order chi connectivity index (χ0) is 28.7. The van der Waals surface area contributed by atoms with Crippen LogP contribution >= 0.6 is 0 Å². The van der Waals surface area contributed by atoms with E-state index >= 15 is 0 Å². The van der Waals surface area contributed by atoms with Gasteiger partial charge in [0, 0.05) is 44.2 Å². The van der Waals surface area contributed by atoms with Crippen molar-refractivity contribution in [3.05, 3.63) is 29.8 Å². The highest BCUT2D eigenvalue weighted by Gasteiger charge is 2.38. The van der Waals surface area contributed by atoms with Crippen LogP contribution < -0.4 is 5.32 Å². The number of aromatic nitrogens is 7. The number of hydrogen-bond donors (Lipinski definition) is 2. The normalized spacial score (nSPS) is 20.0. The first kappa shape index (κ1) is 26.9. The molecule has 16 heteroatoms. The Bertz CT molecular complexity index is 1580. The average Bonchev–Trinajstić information content (AvgIpc) is 3.56. The van der Waals surface area contributed by atoms with Gasteiger partial charge >= 0.3 is 12.3 Å². The zero-order valence-electron chi connectivity index (χ0n) is 21.9. The first-order valence-electron chi connectivity index (χ1n) is 13.2. The van der Waals surface area contributed by atoms with Crippen molar-refractivity contribution in [2.75, 3.05) is 25.0 Å². The van der Waals surface area contributed by atoms with Gasteiger partial charge < -0.3 is 24.6 Å². The number of ether oxygens (including phenoxy) is 1. The molecule has 41 heavy (non-hydrogen) atoms. The molecule has 4 aromatic heterocycles. The van der Waals surface area contributed by atoms with E-state index in [0.717, 1.165) is 12.8 Å². The van der Waals surface area contributed by atoms with Crippen LogP contribution in [0.15, 0.2) is 22.9 Å². The molecule has 0 aliphatic carbocycles. The number of fused-ring (bicyclic) bond motifs is 1. The minimum Gasteiger partial charge on any atom is -0.465 e. The van der Waals surface area contributed by atoms with Gasteiger partial charge in [0.25, 0.3) is 0 Å². The maximum atomic E-state index is 14.2. The van der Waals surface area contributed by atoms with E-state index < -0.39 is 29.8 Å². The third kappa shape index (κ3) is 5.38. The molecule has 2 saturated heterocycles. The van der Waals surface area contributed by atoms with E-state index in [1.165, 1.54) is 9.58 Å². The summed E-state index contributed by atoms with van der Waals surface area (Å²) in [6.45, 7) is 2.67. The number of carbonyl (C=O) groups is 1. The van der Waals surface area contributed by atoms with Crippen molar-refractivity contribution < 1.29 is 32.3 Å². The number of nitrogens with zero attached hydrogens (tertiary/aromatic N) is 8. The highest BCUT2D eigenvalue weighted by molar-refractivity contribution is 5.92. The lowest BCUT2D eigenvalue weighted by Crippen LogP contribution is -2.44. The summed E-state index contributed by atoms with van der Waals surface area (Å²) in [7, 11) is 0. The number of piperidine rings is 1. The number of nitrogens with one attached hydrogen (secondary N) is 1. The molecule has 0 spiro atoms. The lowest BCUT2D eigenvalue weighted by Gasteiger charge is -2.31. The van der Waals surface area contributed by atoms with Crippen LogP contribution in [0, 0.1) is 6.92 Å². The van der Waals surface area contributed by atoms with E-state index in [1.807, 2.05) is 0 Å². The number of hydrogen-bond acceptors (Lipinski definition) is 10. The molecule has 0 aromatic carbocycles. The van der Waals surface area contributed by atoms with Crippen LogP contribution in [-0.4, -0.2) is 76.7 Å². The maximum absolute atomic E-state index is 14.2. The average molecular weight is 574 g/mol. The fourth-order valence-electron chi connectivity index (χ4n) is 5.13. The molecule has 2 atom stereocenters. The van der Waals surface area contributed by atoms with Crippen LogP contribution in [0.25, 0.3) is 33.9 Å². The molecule has 2 fully saturated rings. The standard InChI is InChI=1S/C25H26F3N9O4/c1-13-30-21(35-41-13)17-8-7-15-19(34-37(22(15)32-17)18-6-2-3-10-40-18)20-16(25(26,27)28)11-29-23(33-20)31-14-5-4-9-36(12-14)24(38)39/h7-8,11,14,18H,2-6,9-10,12H2,1H3,(H,38,39)(H,29,31,33)/t14-,18?/m0/s1. The predicted molar refractivity (Wildman–Crippen MR) is 137 cm³/mol. The minimum absolute atomic E-state index is 0.0360. The van der Waals surface area contributed by atoms with E-state index in [4.69, 9.17) is 9.26 Å². The first-order valence-corrected chi connectivity index (χ1v) is 13.2. The largest absolute Gasteiger partial charge is 0.465 e. The van der Waals surface area contributed by atoms with Gasteiger partial charge in [-0.3, -0.25) is 0 Å². The molecule has 216 valence electrons. The van der Waals surface area contributed by atoms with Gasteiger partial charge in [0.1, 0.15) is 22.6 Å². The molecule has 4 aromatic rings. The van der Waals surface area contributed by atoms with Crippen LogP contribution in [0.1, 0.15) is 49.8 Å². The number of aryl methyl sites for hydroxylation is 1. The van der Waals surface area contributed by atoms with Gasteiger partial charge in [-0.25, -0.2) is 24.4 Å². The van der Waals surface area contributed by atoms with Gasteiger partial charge in [0.15, 0.2) is 11.9 Å². The van der Waals surface area contributed by atoms with Gasteiger partial charge in [-0.05, 0) is 44.2 Å². The lowest BCUT2D eigenvalue weighted by atomic mass is 10.1. The number of carboxylic acid groups (broad SMARTS) is 1. The summed E-state index contributed by atoms with van der Waals surface area (Å²) in [6.07, 6.45) is -2.11. The van der Waals surface area contributed by atoms with Crippen LogP contribution in [-0.2, 0) is 10.9 Å². The van der Waals surface area contributed by atoms with E-state index in [9.17, 15) is 23.1 Å². The fraction of sp³-hybridized carbons (Fsp3) is 0.480. The smallest absolute Gasteiger partial charge is 0.420 e. The third-order valence-corrected chi connectivity index (χ3v) is 7.08. The van der Waals surface area contributed by atoms with Crippen molar-refractivity contribution in [1.29, 1.82) is 0 Å². The van der Waals surface area contributed by atoms with E-state index in [-0.39, 0.29) is 35.7 Å². The Kier molecular flexibility index (Phi) is 6.93. The first-order chi connectivity index (χ1) is 19.7. The fourth-order valence-corrected chi connectivity index (χ4v) is 5.13. The second-order valence-electron chi connectivity index (χ2n) is 9.98. The Morgan fingerprint density at radius 1 is 1.12 bits per heavy atom. The molecule has 2 aliphatic heterocycles. The minimum atomic E-state index is -4.77. The molecular weight excluding hydrogens is 547 g/mol. The van der Waals surface area contributed by atoms with Crippen molar-refractivity contribution >= 4 is 23.1 Å². The second kappa shape index (κ2) is 10.6. The van der Waals surface area contributed by atoms with Gasteiger partial charge in [0.05, 0.1) is 0 Å². The van der Waals surface area contributed by atoms with Crippen molar-refractivity contribution in [3.8, 4) is 22.9 Å². The molecule has 6 heterocycles. The zero-order valence-corrected chi connectivity index (χ0v) is 21.9. The summed E-state index contributed by atoms with van der Waals surface area (Å²) in [5, 5.41) is 21.2. The van der Waals surface area contributed by atoms with Crippen molar-refractivity contribution in [2.45, 2.75) is 57.5 Å². The van der Waals surface area contributed by atoms with Gasteiger partial charge in [-0.1, -0.05) is 5.16 Å². The van der Waals surface area contributed by atoms with E-state index in [2.05, 4.69) is 35.5 Å². The van der Waals surface area contributed by atoms with Crippen molar-refractivity contribution in [1.82, 2.24) is 39.8 Å². The predicted octanol–water partition coefficient (Wildman–Crippen LogP) is 4.52. The number of rotatable bonds is 5. The van der Waals surface area contributed by atoms with Crippen LogP contribution in [0.3, 0.4) is 0 Å². The molecule has 1 unspecified atom stereocenters.